The molecule has 1 saturated carbocycles. The van der Waals surface area contributed by atoms with E-state index in [1.54, 1.807) is 30.5 Å². The smallest absolute Gasteiger partial charge is 0.261 e. The second-order valence-corrected chi connectivity index (χ2v) is 11.1. The van der Waals surface area contributed by atoms with Crippen molar-refractivity contribution in [3.63, 3.8) is 0 Å². The number of fused-ring (bicyclic) bond motifs is 1. The molecule has 0 spiro atoms. The molecule has 39 heavy (non-hydrogen) atoms. The average molecular weight is 555 g/mol. The van der Waals surface area contributed by atoms with Crippen LogP contribution in [0.1, 0.15) is 57.9 Å². The molecule has 11 heteroatoms. The number of sulfonamides is 1. The predicted molar refractivity (Wildman–Crippen MR) is 152 cm³/mol. The van der Waals surface area contributed by atoms with Crippen molar-refractivity contribution in [1.29, 1.82) is 0 Å². The molecule has 208 valence electrons. The summed E-state index contributed by atoms with van der Waals surface area (Å²) in [7, 11) is -2.83. The first-order valence-electron chi connectivity index (χ1n) is 13.3. The van der Waals surface area contributed by atoms with Crippen molar-refractivity contribution in [2.24, 2.45) is 0 Å². The number of unbranched alkanes of at least 4 members (excludes halogenated alkanes) is 1. The van der Waals surface area contributed by atoms with Crippen LogP contribution in [-0.2, 0) is 10.0 Å². The zero-order chi connectivity index (χ0) is 27.8. The fraction of sp³-hybridized carbons (Fsp3) is 0.393. The number of aliphatic hydroxyl groups is 1. The van der Waals surface area contributed by atoms with Crippen LogP contribution in [0.4, 0.5) is 16.0 Å². The Morgan fingerprint density at radius 1 is 1.03 bits per heavy atom. The van der Waals surface area contributed by atoms with Crippen molar-refractivity contribution in [1.82, 2.24) is 19.7 Å². The van der Waals surface area contributed by atoms with Crippen LogP contribution < -0.4 is 10.0 Å². The molecule has 0 unspecified atom stereocenters. The minimum atomic E-state index is -3.83. The number of hydrogen-bond acceptors (Lipinski definition) is 7. The zero-order valence-corrected chi connectivity index (χ0v) is 23.1. The van der Waals surface area contributed by atoms with Gasteiger partial charge in [-0.25, -0.2) is 22.5 Å². The van der Waals surface area contributed by atoms with Crippen molar-refractivity contribution in [2.45, 2.75) is 62.8 Å². The van der Waals surface area contributed by atoms with Gasteiger partial charge in [-0.1, -0.05) is 44.7 Å². The molecule has 0 aliphatic heterocycles. The molecule has 1 fully saturated rings. The van der Waals surface area contributed by atoms with Gasteiger partial charge < -0.3 is 10.4 Å². The molecule has 3 N–H and O–H groups in total. The summed E-state index contributed by atoms with van der Waals surface area (Å²) in [4.78, 5) is 9.46. The van der Waals surface area contributed by atoms with Crippen LogP contribution in [0.25, 0.3) is 22.3 Å². The number of nitrogens with one attached hydrogen (secondary N) is 2. The van der Waals surface area contributed by atoms with Gasteiger partial charge in [0.15, 0.2) is 5.65 Å². The monoisotopic (exact) mass is 554 g/mol. The minimum absolute atomic E-state index is 0.107. The molecule has 0 amide bonds. The fourth-order valence-electron chi connectivity index (χ4n) is 4.70. The Labute approximate surface area is 228 Å². The molecule has 2 aromatic heterocycles. The van der Waals surface area contributed by atoms with E-state index < -0.39 is 15.8 Å². The summed E-state index contributed by atoms with van der Waals surface area (Å²) in [5, 5.41) is 16.1. The lowest BCUT2D eigenvalue weighted by Crippen LogP contribution is -2.15. The molecule has 0 bridgehead atoms. The van der Waals surface area contributed by atoms with E-state index in [0.717, 1.165) is 61.6 Å². The van der Waals surface area contributed by atoms with Crippen LogP contribution >= 0.6 is 0 Å². The second-order valence-electron chi connectivity index (χ2n) is 9.43. The first-order chi connectivity index (χ1) is 18.9. The number of halogens is 1. The summed E-state index contributed by atoms with van der Waals surface area (Å²) in [6.45, 7) is 2.96. The lowest BCUT2D eigenvalue weighted by atomic mass is 9.96. The molecular formula is C28H35FN6O3S. The van der Waals surface area contributed by atoms with E-state index in [2.05, 4.69) is 21.9 Å². The Morgan fingerprint density at radius 3 is 2.38 bits per heavy atom. The predicted octanol–water partition coefficient (Wildman–Crippen LogP) is 5.76. The van der Waals surface area contributed by atoms with Gasteiger partial charge in [0.05, 0.1) is 16.3 Å². The maximum atomic E-state index is 13.2. The highest BCUT2D eigenvalue weighted by Crippen LogP contribution is 2.34. The van der Waals surface area contributed by atoms with E-state index >= 15 is 0 Å². The van der Waals surface area contributed by atoms with Crippen molar-refractivity contribution < 1.29 is 17.9 Å². The zero-order valence-electron chi connectivity index (χ0n) is 22.3. The Morgan fingerprint density at radius 2 is 1.72 bits per heavy atom. The van der Waals surface area contributed by atoms with E-state index in [-0.39, 0.29) is 10.9 Å². The fourth-order valence-corrected chi connectivity index (χ4v) is 5.76. The summed E-state index contributed by atoms with van der Waals surface area (Å²) in [6.07, 6.45) is 9.63. The van der Waals surface area contributed by atoms with Crippen molar-refractivity contribution in [3.05, 3.63) is 60.5 Å². The number of aromatic nitrogens is 4. The number of rotatable bonds is 9. The number of aliphatic hydroxyl groups excluding tert-OH is 1. The van der Waals surface area contributed by atoms with Gasteiger partial charge in [0.2, 0.25) is 5.95 Å². The van der Waals surface area contributed by atoms with Gasteiger partial charge in [0.1, 0.15) is 11.5 Å². The highest BCUT2D eigenvalue weighted by atomic mass is 32.2. The van der Waals surface area contributed by atoms with E-state index in [9.17, 15) is 12.8 Å². The maximum Gasteiger partial charge on any atom is 0.261 e. The molecule has 5 rings (SSSR count). The highest BCUT2D eigenvalue weighted by molar-refractivity contribution is 7.92. The molecule has 1 aliphatic carbocycles. The lowest BCUT2D eigenvalue weighted by Gasteiger charge is -2.22. The summed E-state index contributed by atoms with van der Waals surface area (Å²) in [5.74, 6) is 0.165. The molecule has 4 aromatic rings. The van der Waals surface area contributed by atoms with Crippen LogP contribution in [0, 0.1) is 5.82 Å². The van der Waals surface area contributed by atoms with Gasteiger partial charge in [-0.05, 0) is 55.7 Å². The summed E-state index contributed by atoms with van der Waals surface area (Å²) >= 11 is 0. The third kappa shape index (κ3) is 6.72. The lowest BCUT2D eigenvalue weighted by molar-refractivity contribution is 0.336. The van der Waals surface area contributed by atoms with Gasteiger partial charge >= 0.3 is 0 Å². The van der Waals surface area contributed by atoms with Gasteiger partial charge in [0, 0.05) is 31.1 Å². The maximum absolute atomic E-state index is 13.2. The second kappa shape index (κ2) is 13.0. The van der Waals surface area contributed by atoms with Gasteiger partial charge in [0.25, 0.3) is 10.0 Å². The molecule has 9 nitrogen and oxygen atoms in total. The standard InChI is InChI=1S/C27H31FN6O2S.CH4O/c1-2-3-17-29-27-30-18-24-25(32-34(26(24)31-27)22-7-5-4-6-8-22)19-9-15-23(16-10-19)37(35,36)33-21-13-11-20(28)12-14-21;1-2/h9-16,18,22,33H,2-8,17H2,1H3,(H,29,30,31);2H,1H3. The van der Waals surface area contributed by atoms with Crippen LogP contribution in [0.15, 0.2) is 59.6 Å². The SMILES string of the molecule is CCCCNc1ncc2c(-c3ccc(S(=O)(=O)Nc4ccc(F)cc4)cc3)nn(C3CCCCC3)c2n1.CO. The molecular weight excluding hydrogens is 519 g/mol. The molecule has 1 aliphatic rings. The minimum Gasteiger partial charge on any atom is -0.400 e. The molecule has 0 atom stereocenters. The molecule has 0 saturated heterocycles. The highest BCUT2D eigenvalue weighted by Gasteiger charge is 2.23. The molecule has 2 aromatic carbocycles. The average Bonchev–Trinajstić information content (AvgIpc) is 3.35. The van der Waals surface area contributed by atoms with Crippen LogP contribution in [0.5, 0.6) is 0 Å². The van der Waals surface area contributed by atoms with Gasteiger partial charge in [-0.3, -0.25) is 4.72 Å². The Bertz CT molecular complexity index is 1470. The summed E-state index contributed by atoms with van der Waals surface area (Å²) < 4.78 is 43.4. The van der Waals surface area contributed by atoms with E-state index in [1.165, 1.54) is 43.5 Å². The topological polar surface area (TPSA) is 122 Å². The third-order valence-corrected chi connectivity index (χ3v) is 8.11. The summed E-state index contributed by atoms with van der Waals surface area (Å²) in [6, 6.07) is 12.1. The van der Waals surface area contributed by atoms with Crippen LogP contribution in [0.2, 0.25) is 0 Å². The quantitative estimate of drug-likeness (QED) is 0.225. The number of hydrogen-bond donors (Lipinski definition) is 3. The van der Waals surface area contributed by atoms with E-state index in [0.29, 0.717) is 11.6 Å². The van der Waals surface area contributed by atoms with Crippen LogP contribution in [-0.4, -0.2) is 46.9 Å². The third-order valence-electron chi connectivity index (χ3n) is 6.72. The largest absolute Gasteiger partial charge is 0.400 e. The van der Waals surface area contributed by atoms with Crippen molar-refractivity contribution in [2.75, 3.05) is 23.7 Å². The summed E-state index contributed by atoms with van der Waals surface area (Å²) in [5.41, 5.74) is 2.61. The van der Waals surface area contributed by atoms with E-state index in [4.69, 9.17) is 15.2 Å². The number of benzene rings is 2. The first-order valence-corrected chi connectivity index (χ1v) is 14.8. The Balaban J connectivity index is 0.00000172. The molecule has 0 radical (unpaired) electrons. The van der Waals surface area contributed by atoms with Crippen LogP contribution in [0.3, 0.4) is 0 Å². The normalized spacial score (nSPS) is 14.1. The molecule has 2 heterocycles. The Hall–Kier alpha value is -3.57. The number of anilines is 2. The Kier molecular flexibility index (Phi) is 9.47. The van der Waals surface area contributed by atoms with Crippen molar-refractivity contribution >= 4 is 32.7 Å². The number of nitrogens with zero attached hydrogens (tertiary/aromatic N) is 4. The van der Waals surface area contributed by atoms with Gasteiger partial charge in [-0.2, -0.15) is 10.1 Å². The van der Waals surface area contributed by atoms with Gasteiger partial charge in [-0.15, -0.1) is 0 Å². The van der Waals surface area contributed by atoms with Crippen molar-refractivity contribution in [3.8, 4) is 11.3 Å². The first kappa shape index (κ1) is 28.4. The van der Waals surface area contributed by atoms with E-state index in [1.807, 2.05) is 4.68 Å².